The first-order valence-corrected chi connectivity index (χ1v) is 3.60. The lowest BCUT2D eigenvalue weighted by Gasteiger charge is -2.18. The summed E-state index contributed by atoms with van der Waals surface area (Å²) in [6, 6.07) is 2.34. The van der Waals surface area contributed by atoms with E-state index < -0.39 is 0 Å². The molecular formula is C7H12N2O. The Hall–Kier alpha value is -0.590. The van der Waals surface area contributed by atoms with Crippen molar-refractivity contribution in [2.45, 2.75) is 18.9 Å². The molecule has 1 rings (SSSR count). The van der Waals surface area contributed by atoms with Crippen molar-refractivity contribution in [1.29, 1.82) is 5.26 Å². The summed E-state index contributed by atoms with van der Waals surface area (Å²) < 4.78 is 0. The molecule has 0 radical (unpaired) electrons. The van der Waals surface area contributed by atoms with Gasteiger partial charge in [-0.05, 0) is 19.4 Å². The van der Waals surface area contributed by atoms with Crippen LogP contribution in [0.3, 0.4) is 0 Å². The van der Waals surface area contributed by atoms with Crippen LogP contribution in [0.5, 0.6) is 0 Å². The highest BCUT2D eigenvalue weighted by Gasteiger charge is 2.22. The van der Waals surface area contributed by atoms with E-state index in [9.17, 15) is 0 Å². The Kier molecular flexibility index (Phi) is 2.67. The van der Waals surface area contributed by atoms with Crippen LogP contribution in [-0.2, 0) is 0 Å². The maximum Gasteiger partial charge on any atom is 0.0869 e. The molecule has 0 saturated carbocycles. The standard InChI is InChI=1S/C7H12N2O/c8-3-5-9-4-1-2-7(9)6-10/h7,10H,1-2,4-6H2. The zero-order valence-corrected chi connectivity index (χ0v) is 5.95. The molecule has 1 aliphatic heterocycles. The fraction of sp³-hybridized carbons (Fsp3) is 0.857. The van der Waals surface area contributed by atoms with Gasteiger partial charge in [0.05, 0.1) is 19.2 Å². The zero-order valence-electron chi connectivity index (χ0n) is 5.95. The number of aliphatic hydroxyl groups excluding tert-OH is 1. The first-order chi connectivity index (χ1) is 4.88. The van der Waals surface area contributed by atoms with Crippen LogP contribution in [0.2, 0.25) is 0 Å². The molecule has 1 heterocycles. The second-order valence-corrected chi connectivity index (χ2v) is 2.61. The van der Waals surface area contributed by atoms with Gasteiger partial charge in [-0.3, -0.25) is 4.90 Å². The van der Waals surface area contributed by atoms with Crippen LogP contribution in [-0.4, -0.2) is 35.7 Å². The van der Waals surface area contributed by atoms with Crippen molar-refractivity contribution >= 4 is 0 Å². The fourth-order valence-electron chi connectivity index (χ4n) is 1.40. The topological polar surface area (TPSA) is 47.3 Å². The third kappa shape index (κ3) is 1.47. The molecular weight excluding hydrogens is 128 g/mol. The molecule has 0 aromatic rings. The summed E-state index contributed by atoms with van der Waals surface area (Å²) in [5.74, 6) is 0. The number of nitriles is 1. The number of rotatable bonds is 2. The highest BCUT2D eigenvalue weighted by molar-refractivity contribution is 4.85. The average molecular weight is 140 g/mol. The monoisotopic (exact) mass is 140 g/mol. The molecule has 0 aliphatic carbocycles. The summed E-state index contributed by atoms with van der Waals surface area (Å²) in [4.78, 5) is 2.03. The van der Waals surface area contributed by atoms with Gasteiger partial charge in [0.2, 0.25) is 0 Å². The van der Waals surface area contributed by atoms with E-state index in [-0.39, 0.29) is 12.6 Å². The molecule has 1 aliphatic rings. The largest absolute Gasteiger partial charge is 0.395 e. The average Bonchev–Trinajstić information content (AvgIpc) is 2.36. The Morgan fingerprint density at radius 3 is 3.10 bits per heavy atom. The second kappa shape index (κ2) is 3.55. The number of likely N-dealkylation sites (tertiary alicyclic amines) is 1. The Balaban J connectivity index is 2.36. The van der Waals surface area contributed by atoms with Crippen molar-refractivity contribution in [2.75, 3.05) is 19.7 Å². The van der Waals surface area contributed by atoms with Gasteiger partial charge in [-0.2, -0.15) is 5.26 Å². The molecule has 0 spiro atoms. The number of aliphatic hydroxyl groups is 1. The normalized spacial score (nSPS) is 26.6. The van der Waals surface area contributed by atoms with Gasteiger partial charge >= 0.3 is 0 Å². The minimum absolute atomic E-state index is 0.196. The van der Waals surface area contributed by atoms with Crippen molar-refractivity contribution < 1.29 is 5.11 Å². The molecule has 10 heavy (non-hydrogen) atoms. The van der Waals surface area contributed by atoms with E-state index in [1.807, 2.05) is 4.90 Å². The lowest BCUT2D eigenvalue weighted by molar-refractivity contribution is 0.171. The van der Waals surface area contributed by atoms with Crippen molar-refractivity contribution in [3.05, 3.63) is 0 Å². The van der Waals surface area contributed by atoms with E-state index in [4.69, 9.17) is 10.4 Å². The SMILES string of the molecule is N#CCN1CCCC1CO. The van der Waals surface area contributed by atoms with E-state index in [2.05, 4.69) is 6.07 Å². The Morgan fingerprint density at radius 2 is 2.50 bits per heavy atom. The van der Waals surface area contributed by atoms with E-state index in [1.165, 1.54) is 0 Å². The number of nitrogens with zero attached hydrogens (tertiary/aromatic N) is 2. The first kappa shape index (κ1) is 7.52. The minimum atomic E-state index is 0.196. The van der Waals surface area contributed by atoms with Crippen LogP contribution in [0.25, 0.3) is 0 Å². The third-order valence-corrected chi connectivity index (χ3v) is 1.98. The summed E-state index contributed by atoms with van der Waals surface area (Å²) in [7, 11) is 0. The minimum Gasteiger partial charge on any atom is -0.395 e. The van der Waals surface area contributed by atoms with Gasteiger partial charge in [0, 0.05) is 6.04 Å². The van der Waals surface area contributed by atoms with Crippen LogP contribution in [0.1, 0.15) is 12.8 Å². The second-order valence-electron chi connectivity index (χ2n) is 2.61. The van der Waals surface area contributed by atoms with Crippen molar-refractivity contribution in [3.8, 4) is 6.07 Å². The van der Waals surface area contributed by atoms with Crippen LogP contribution in [0.4, 0.5) is 0 Å². The van der Waals surface area contributed by atoms with Crippen LogP contribution < -0.4 is 0 Å². The van der Waals surface area contributed by atoms with Crippen LogP contribution >= 0.6 is 0 Å². The predicted octanol–water partition coefficient (Wildman–Crippen LogP) is -0.0333. The van der Waals surface area contributed by atoms with Crippen molar-refractivity contribution in [2.24, 2.45) is 0 Å². The summed E-state index contributed by atoms with van der Waals surface area (Å²) in [5.41, 5.74) is 0. The lowest BCUT2D eigenvalue weighted by Crippen LogP contribution is -2.32. The van der Waals surface area contributed by atoms with E-state index in [0.717, 1.165) is 19.4 Å². The number of hydrogen-bond acceptors (Lipinski definition) is 3. The van der Waals surface area contributed by atoms with Gasteiger partial charge in [0.1, 0.15) is 0 Å². The molecule has 1 N–H and O–H groups in total. The highest BCUT2D eigenvalue weighted by Crippen LogP contribution is 2.14. The van der Waals surface area contributed by atoms with Crippen LogP contribution in [0, 0.1) is 11.3 Å². The Morgan fingerprint density at radius 1 is 1.70 bits per heavy atom. The van der Waals surface area contributed by atoms with Crippen molar-refractivity contribution in [3.63, 3.8) is 0 Å². The van der Waals surface area contributed by atoms with Gasteiger partial charge in [0.25, 0.3) is 0 Å². The highest BCUT2D eigenvalue weighted by atomic mass is 16.3. The lowest BCUT2D eigenvalue weighted by atomic mass is 10.2. The quantitative estimate of drug-likeness (QED) is 0.548. The van der Waals surface area contributed by atoms with Gasteiger partial charge in [-0.1, -0.05) is 0 Å². The number of hydrogen-bond donors (Lipinski definition) is 1. The molecule has 56 valence electrons. The molecule has 0 aromatic heterocycles. The molecule has 3 nitrogen and oxygen atoms in total. The molecule has 0 amide bonds. The van der Waals surface area contributed by atoms with Gasteiger partial charge in [-0.15, -0.1) is 0 Å². The summed E-state index contributed by atoms with van der Waals surface area (Å²) in [6.07, 6.45) is 2.16. The first-order valence-electron chi connectivity index (χ1n) is 3.60. The molecule has 3 heteroatoms. The predicted molar refractivity (Wildman–Crippen MR) is 37.3 cm³/mol. The molecule has 0 aromatic carbocycles. The van der Waals surface area contributed by atoms with Gasteiger partial charge in [-0.25, -0.2) is 0 Å². The fourth-order valence-corrected chi connectivity index (χ4v) is 1.40. The Labute approximate surface area is 60.9 Å². The molecule has 1 fully saturated rings. The zero-order chi connectivity index (χ0) is 7.40. The summed E-state index contributed by atoms with van der Waals surface area (Å²) in [5, 5.41) is 17.2. The van der Waals surface area contributed by atoms with Crippen LogP contribution in [0.15, 0.2) is 0 Å². The Bertz CT molecular complexity index is 141. The smallest absolute Gasteiger partial charge is 0.0869 e. The third-order valence-electron chi connectivity index (χ3n) is 1.98. The van der Waals surface area contributed by atoms with Gasteiger partial charge in [0.15, 0.2) is 0 Å². The van der Waals surface area contributed by atoms with E-state index >= 15 is 0 Å². The van der Waals surface area contributed by atoms with Crippen molar-refractivity contribution in [1.82, 2.24) is 4.90 Å². The molecule has 1 atom stereocenters. The molecule has 1 saturated heterocycles. The summed E-state index contributed by atoms with van der Waals surface area (Å²) in [6.45, 7) is 1.63. The molecule has 1 unspecified atom stereocenters. The maximum absolute atomic E-state index is 8.81. The maximum atomic E-state index is 8.81. The summed E-state index contributed by atoms with van der Waals surface area (Å²) >= 11 is 0. The molecule has 0 bridgehead atoms. The van der Waals surface area contributed by atoms with Gasteiger partial charge < -0.3 is 5.11 Å². The van der Waals surface area contributed by atoms with E-state index in [0.29, 0.717) is 6.54 Å². The van der Waals surface area contributed by atoms with E-state index in [1.54, 1.807) is 0 Å².